The highest BCUT2D eigenvalue weighted by Gasteiger charge is 2.11. The van der Waals surface area contributed by atoms with E-state index >= 15 is 0 Å². The highest BCUT2D eigenvalue weighted by Crippen LogP contribution is 2.24. The molecule has 3 aromatic rings. The number of aromatic hydroxyl groups is 1. The van der Waals surface area contributed by atoms with E-state index in [0.717, 1.165) is 22.1 Å². The predicted molar refractivity (Wildman–Crippen MR) is 103 cm³/mol. The summed E-state index contributed by atoms with van der Waals surface area (Å²) in [6.45, 7) is 4.04. The number of amides is 1. The molecule has 0 heterocycles. The van der Waals surface area contributed by atoms with Gasteiger partial charge in [-0.3, -0.25) is 4.79 Å². The first-order valence-corrected chi connectivity index (χ1v) is 8.06. The van der Waals surface area contributed by atoms with Gasteiger partial charge in [0.05, 0.1) is 11.8 Å². The second-order valence-corrected chi connectivity index (χ2v) is 5.58. The van der Waals surface area contributed by atoms with Crippen LogP contribution in [0.25, 0.3) is 10.8 Å². The largest absolute Gasteiger partial charge is 0.507 e. The lowest BCUT2D eigenvalue weighted by molar-refractivity contribution is 0.0952. The van der Waals surface area contributed by atoms with E-state index in [0.29, 0.717) is 6.61 Å². The number of hydrogen-bond acceptors (Lipinski definition) is 4. The molecule has 1 amide bonds. The standard InChI is InChI=1S/C21H18N2O3/c1-2-11-26-18-9-7-15(8-10-18)14-22-23-21(25)19-12-16-5-3-4-6-17(16)13-20(19)24/h2-10,12-14,24H,1,11H2,(H,23,25)/b22-14-. The molecule has 130 valence electrons. The van der Waals surface area contributed by atoms with Gasteiger partial charge in [0.1, 0.15) is 18.1 Å². The molecule has 3 rings (SSSR count). The summed E-state index contributed by atoms with van der Waals surface area (Å²) in [6.07, 6.45) is 3.19. The molecule has 0 fully saturated rings. The third kappa shape index (κ3) is 4.08. The number of nitrogens with zero attached hydrogens (tertiary/aromatic N) is 1. The summed E-state index contributed by atoms with van der Waals surface area (Å²) in [4.78, 5) is 12.3. The van der Waals surface area contributed by atoms with Gasteiger partial charge in [0.2, 0.25) is 0 Å². The number of ether oxygens (including phenoxy) is 1. The first-order valence-electron chi connectivity index (χ1n) is 8.06. The maximum absolute atomic E-state index is 12.3. The van der Waals surface area contributed by atoms with Crippen LogP contribution in [-0.2, 0) is 0 Å². The van der Waals surface area contributed by atoms with Gasteiger partial charge in [-0.05, 0) is 52.7 Å². The van der Waals surface area contributed by atoms with E-state index in [4.69, 9.17) is 4.74 Å². The van der Waals surface area contributed by atoms with Gasteiger partial charge in [0, 0.05) is 0 Å². The van der Waals surface area contributed by atoms with Gasteiger partial charge in [0.25, 0.3) is 5.91 Å². The molecule has 2 N–H and O–H groups in total. The Labute approximate surface area is 151 Å². The maximum Gasteiger partial charge on any atom is 0.275 e. The fourth-order valence-electron chi connectivity index (χ4n) is 2.44. The molecule has 0 spiro atoms. The Kier molecular flexibility index (Phi) is 5.29. The summed E-state index contributed by atoms with van der Waals surface area (Å²) in [5.41, 5.74) is 3.41. The van der Waals surface area contributed by atoms with Crippen molar-refractivity contribution in [3.63, 3.8) is 0 Å². The minimum absolute atomic E-state index is 0.0832. The topological polar surface area (TPSA) is 70.9 Å². The van der Waals surface area contributed by atoms with Crippen molar-refractivity contribution in [3.05, 3.63) is 84.4 Å². The average molecular weight is 346 g/mol. The highest BCUT2D eigenvalue weighted by molar-refractivity contribution is 6.01. The zero-order valence-corrected chi connectivity index (χ0v) is 14.1. The van der Waals surface area contributed by atoms with E-state index in [9.17, 15) is 9.90 Å². The SMILES string of the molecule is C=CCOc1ccc(/C=N\NC(=O)c2cc3ccccc3cc2O)cc1. The number of benzene rings is 3. The Hall–Kier alpha value is -3.60. The molecule has 0 aliphatic rings. The van der Waals surface area contributed by atoms with Crippen LogP contribution in [0.4, 0.5) is 0 Å². The van der Waals surface area contributed by atoms with Crippen molar-refractivity contribution in [2.75, 3.05) is 6.61 Å². The van der Waals surface area contributed by atoms with Gasteiger partial charge in [-0.2, -0.15) is 5.10 Å². The molecule has 0 bridgehead atoms. The number of fused-ring (bicyclic) bond motifs is 1. The van der Waals surface area contributed by atoms with Crippen LogP contribution in [0.5, 0.6) is 11.5 Å². The van der Waals surface area contributed by atoms with Gasteiger partial charge >= 0.3 is 0 Å². The fraction of sp³-hybridized carbons (Fsp3) is 0.0476. The second-order valence-electron chi connectivity index (χ2n) is 5.58. The highest BCUT2D eigenvalue weighted by atomic mass is 16.5. The zero-order valence-electron chi connectivity index (χ0n) is 14.1. The van der Waals surface area contributed by atoms with Gasteiger partial charge in [-0.1, -0.05) is 36.9 Å². The lowest BCUT2D eigenvalue weighted by Gasteiger charge is -2.06. The summed E-state index contributed by atoms with van der Waals surface area (Å²) in [5, 5.41) is 15.7. The minimum atomic E-state index is -0.476. The first-order chi connectivity index (χ1) is 12.7. The van der Waals surface area contributed by atoms with E-state index < -0.39 is 5.91 Å². The molecule has 0 unspecified atom stereocenters. The Morgan fingerprint density at radius 2 is 1.81 bits per heavy atom. The van der Waals surface area contributed by atoms with E-state index in [1.807, 2.05) is 48.5 Å². The Morgan fingerprint density at radius 3 is 2.50 bits per heavy atom. The fourth-order valence-corrected chi connectivity index (χ4v) is 2.44. The quantitative estimate of drug-likeness (QED) is 0.404. The molecule has 0 aliphatic heterocycles. The molecular weight excluding hydrogens is 328 g/mol. The van der Waals surface area contributed by atoms with E-state index in [1.165, 1.54) is 6.21 Å². The maximum atomic E-state index is 12.3. The van der Waals surface area contributed by atoms with Crippen LogP contribution >= 0.6 is 0 Å². The van der Waals surface area contributed by atoms with E-state index in [-0.39, 0.29) is 11.3 Å². The van der Waals surface area contributed by atoms with Crippen LogP contribution in [-0.4, -0.2) is 23.8 Å². The molecule has 0 aliphatic carbocycles. The van der Waals surface area contributed by atoms with Crippen molar-refractivity contribution in [1.29, 1.82) is 0 Å². The molecule has 26 heavy (non-hydrogen) atoms. The van der Waals surface area contributed by atoms with E-state index in [1.54, 1.807) is 18.2 Å². The van der Waals surface area contributed by atoms with Crippen LogP contribution in [0.1, 0.15) is 15.9 Å². The van der Waals surface area contributed by atoms with Crippen LogP contribution < -0.4 is 10.2 Å². The second kappa shape index (κ2) is 7.98. The smallest absolute Gasteiger partial charge is 0.275 e. The van der Waals surface area contributed by atoms with Crippen molar-refractivity contribution in [2.24, 2.45) is 5.10 Å². The summed E-state index contributed by atoms with van der Waals surface area (Å²) < 4.78 is 5.40. The van der Waals surface area contributed by atoms with Crippen molar-refractivity contribution < 1.29 is 14.6 Å². The number of carbonyl (C=O) groups is 1. The van der Waals surface area contributed by atoms with Gasteiger partial charge in [-0.25, -0.2) is 5.43 Å². The predicted octanol–water partition coefficient (Wildman–Crippen LogP) is 3.87. The summed E-state index contributed by atoms with van der Waals surface area (Å²) in [7, 11) is 0. The number of nitrogens with one attached hydrogen (secondary N) is 1. The zero-order chi connectivity index (χ0) is 18.4. The van der Waals surface area contributed by atoms with Crippen molar-refractivity contribution in [2.45, 2.75) is 0 Å². The third-order valence-electron chi connectivity index (χ3n) is 3.74. The van der Waals surface area contributed by atoms with Crippen LogP contribution in [0.2, 0.25) is 0 Å². The molecule has 0 atom stereocenters. The Balaban J connectivity index is 1.67. The molecule has 0 saturated heterocycles. The van der Waals surface area contributed by atoms with Crippen molar-refractivity contribution in [3.8, 4) is 11.5 Å². The normalized spacial score (nSPS) is 10.8. The molecular formula is C21H18N2O3. The molecule has 5 heteroatoms. The van der Waals surface area contributed by atoms with Gasteiger partial charge in [0.15, 0.2) is 0 Å². The molecule has 0 radical (unpaired) electrons. The number of phenols is 1. The number of phenolic OH excluding ortho intramolecular Hbond substituents is 1. The average Bonchev–Trinajstić information content (AvgIpc) is 2.66. The number of hydrazone groups is 1. The Morgan fingerprint density at radius 1 is 1.12 bits per heavy atom. The number of hydrogen-bond donors (Lipinski definition) is 2. The van der Waals surface area contributed by atoms with Crippen LogP contribution in [0, 0.1) is 0 Å². The van der Waals surface area contributed by atoms with E-state index in [2.05, 4.69) is 17.1 Å². The lowest BCUT2D eigenvalue weighted by Crippen LogP contribution is -2.17. The van der Waals surface area contributed by atoms with Crippen molar-refractivity contribution >= 4 is 22.9 Å². The monoisotopic (exact) mass is 346 g/mol. The summed E-state index contributed by atoms with van der Waals surface area (Å²) in [5.74, 6) is 0.169. The molecule has 5 nitrogen and oxygen atoms in total. The first kappa shape index (κ1) is 17.2. The van der Waals surface area contributed by atoms with Crippen molar-refractivity contribution in [1.82, 2.24) is 5.43 Å². The van der Waals surface area contributed by atoms with Crippen LogP contribution in [0.15, 0.2) is 78.4 Å². The third-order valence-corrected chi connectivity index (χ3v) is 3.74. The van der Waals surface area contributed by atoms with Crippen LogP contribution in [0.3, 0.4) is 0 Å². The molecule has 0 aromatic heterocycles. The molecule has 3 aromatic carbocycles. The van der Waals surface area contributed by atoms with Gasteiger partial charge in [-0.15, -0.1) is 0 Å². The summed E-state index contributed by atoms with van der Waals surface area (Å²) >= 11 is 0. The minimum Gasteiger partial charge on any atom is -0.507 e. The Bertz CT molecular complexity index is 963. The lowest BCUT2D eigenvalue weighted by atomic mass is 10.1. The number of rotatable bonds is 6. The summed E-state index contributed by atoms with van der Waals surface area (Å²) in [6, 6.07) is 18.0. The van der Waals surface area contributed by atoms with Gasteiger partial charge < -0.3 is 9.84 Å². The molecule has 0 saturated carbocycles. The number of carbonyl (C=O) groups excluding carboxylic acids is 1.